The van der Waals surface area contributed by atoms with Crippen molar-refractivity contribution in [2.75, 3.05) is 11.9 Å². The van der Waals surface area contributed by atoms with Gasteiger partial charge in [0.25, 0.3) is 11.1 Å². The minimum absolute atomic E-state index is 0.287. The van der Waals surface area contributed by atoms with Gasteiger partial charge in [0.15, 0.2) is 0 Å². The summed E-state index contributed by atoms with van der Waals surface area (Å²) in [5.41, 5.74) is 2.52. The molecule has 1 heterocycles. The van der Waals surface area contributed by atoms with Crippen LogP contribution in [0.3, 0.4) is 0 Å². The predicted molar refractivity (Wildman–Crippen MR) is 135 cm³/mol. The minimum Gasteiger partial charge on any atom is -0.324 e. The Balaban J connectivity index is 1.39. The molecule has 3 aromatic rings. The van der Waals surface area contributed by atoms with Gasteiger partial charge in [0, 0.05) is 20.5 Å². The number of rotatable bonds is 6. The van der Waals surface area contributed by atoms with Gasteiger partial charge in [0.1, 0.15) is 6.54 Å². The maximum atomic E-state index is 12.7. The van der Waals surface area contributed by atoms with Gasteiger partial charge < -0.3 is 5.32 Å². The summed E-state index contributed by atoms with van der Waals surface area (Å²) in [7, 11) is 0. The fourth-order valence-electron chi connectivity index (χ4n) is 3.07. The van der Waals surface area contributed by atoms with Gasteiger partial charge >= 0.3 is 0 Å². The Morgan fingerprint density at radius 2 is 1.70 bits per heavy atom. The maximum absolute atomic E-state index is 12.7. The molecule has 3 amide bonds. The number of carbonyl (C=O) groups is 3. The number of aryl methyl sites for hydroxylation is 1. The first-order valence-corrected chi connectivity index (χ1v) is 12.0. The van der Waals surface area contributed by atoms with E-state index in [1.165, 1.54) is 5.56 Å². The standard InChI is InChI=1S/C25H19ClN2O3S2/c1-16-5-9-20(10-6-16)32-21-11-7-17(8-12-21)13-22-24(30)28(25(31)33-22)15-23(29)27-19-4-2-3-18(26)14-19/h2-14H,15H2,1H3,(H,27,29)/b22-13-. The summed E-state index contributed by atoms with van der Waals surface area (Å²) < 4.78 is 0. The second-order valence-electron chi connectivity index (χ2n) is 7.31. The molecule has 1 fully saturated rings. The van der Waals surface area contributed by atoms with E-state index >= 15 is 0 Å². The van der Waals surface area contributed by atoms with Crippen molar-refractivity contribution >= 4 is 63.9 Å². The first-order chi connectivity index (χ1) is 15.9. The van der Waals surface area contributed by atoms with Crippen LogP contribution in [-0.2, 0) is 9.59 Å². The Labute approximate surface area is 205 Å². The Morgan fingerprint density at radius 1 is 1.03 bits per heavy atom. The highest BCUT2D eigenvalue weighted by atomic mass is 35.5. The molecule has 1 N–H and O–H groups in total. The molecule has 0 bridgehead atoms. The third-order valence-electron chi connectivity index (χ3n) is 4.72. The Kier molecular flexibility index (Phi) is 7.23. The van der Waals surface area contributed by atoms with Gasteiger partial charge in [-0.15, -0.1) is 0 Å². The van der Waals surface area contributed by atoms with Crippen LogP contribution in [0.4, 0.5) is 10.5 Å². The molecule has 33 heavy (non-hydrogen) atoms. The van der Waals surface area contributed by atoms with Gasteiger partial charge in [-0.1, -0.05) is 59.3 Å². The minimum atomic E-state index is -0.482. The normalized spacial score (nSPS) is 14.7. The van der Waals surface area contributed by atoms with Gasteiger partial charge in [0.2, 0.25) is 5.91 Å². The Morgan fingerprint density at radius 3 is 2.36 bits per heavy atom. The van der Waals surface area contributed by atoms with E-state index in [4.69, 9.17) is 11.6 Å². The van der Waals surface area contributed by atoms with E-state index in [0.717, 1.165) is 32.0 Å². The molecular formula is C25H19ClN2O3S2. The zero-order valence-corrected chi connectivity index (χ0v) is 20.0. The molecular weight excluding hydrogens is 476 g/mol. The van der Waals surface area contributed by atoms with Crippen LogP contribution in [0.2, 0.25) is 5.02 Å². The van der Waals surface area contributed by atoms with E-state index in [2.05, 4.69) is 36.5 Å². The monoisotopic (exact) mass is 494 g/mol. The van der Waals surface area contributed by atoms with Gasteiger partial charge in [0.05, 0.1) is 4.91 Å². The molecule has 4 rings (SSSR count). The van der Waals surface area contributed by atoms with E-state index in [1.807, 2.05) is 24.3 Å². The number of imide groups is 1. The van der Waals surface area contributed by atoms with E-state index in [9.17, 15) is 14.4 Å². The second-order valence-corrected chi connectivity index (χ2v) is 9.89. The van der Waals surface area contributed by atoms with Gasteiger partial charge in [-0.2, -0.15) is 0 Å². The average Bonchev–Trinajstić information content (AvgIpc) is 3.04. The molecule has 0 spiro atoms. The predicted octanol–water partition coefficient (Wildman–Crippen LogP) is 6.47. The van der Waals surface area contributed by atoms with Crippen molar-refractivity contribution < 1.29 is 14.4 Å². The smallest absolute Gasteiger partial charge is 0.294 e. The Bertz CT molecular complexity index is 1240. The molecule has 166 valence electrons. The van der Waals surface area contributed by atoms with Crippen LogP contribution in [0, 0.1) is 6.92 Å². The lowest BCUT2D eigenvalue weighted by Crippen LogP contribution is -2.36. The molecule has 1 saturated heterocycles. The van der Waals surface area contributed by atoms with E-state index in [1.54, 1.807) is 42.1 Å². The van der Waals surface area contributed by atoms with Gasteiger partial charge in [-0.05, 0) is 72.8 Å². The zero-order chi connectivity index (χ0) is 23.4. The first kappa shape index (κ1) is 23.2. The van der Waals surface area contributed by atoms with Crippen LogP contribution in [0.25, 0.3) is 6.08 Å². The molecule has 0 aromatic heterocycles. The summed E-state index contributed by atoms with van der Waals surface area (Å²) in [6, 6.07) is 22.7. The van der Waals surface area contributed by atoms with Gasteiger partial charge in [-0.3, -0.25) is 19.3 Å². The number of carbonyl (C=O) groups excluding carboxylic acids is 3. The number of hydrogen-bond donors (Lipinski definition) is 1. The topological polar surface area (TPSA) is 66.5 Å². The van der Waals surface area contributed by atoms with Crippen LogP contribution >= 0.6 is 35.1 Å². The number of benzene rings is 3. The van der Waals surface area contributed by atoms with Crippen molar-refractivity contribution in [3.63, 3.8) is 0 Å². The van der Waals surface area contributed by atoms with Crippen LogP contribution in [0.15, 0.2) is 87.5 Å². The maximum Gasteiger partial charge on any atom is 0.294 e. The van der Waals surface area contributed by atoms with E-state index in [-0.39, 0.29) is 11.4 Å². The molecule has 5 nitrogen and oxygen atoms in total. The van der Waals surface area contributed by atoms with Crippen molar-refractivity contribution in [3.8, 4) is 0 Å². The van der Waals surface area contributed by atoms with Crippen molar-refractivity contribution in [1.82, 2.24) is 4.90 Å². The highest BCUT2D eigenvalue weighted by Crippen LogP contribution is 2.33. The summed E-state index contributed by atoms with van der Waals surface area (Å²) in [5.74, 6) is -0.956. The molecule has 0 radical (unpaired) electrons. The van der Waals surface area contributed by atoms with E-state index < -0.39 is 17.1 Å². The number of thioether (sulfide) groups is 1. The summed E-state index contributed by atoms with van der Waals surface area (Å²) in [4.78, 5) is 40.8. The summed E-state index contributed by atoms with van der Waals surface area (Å²) in [5, 5.41) is 2.65. The SMILES string of the molecule is Cc1ccc(Sc2ccc(/C=C3\SC(=O)N(CC(=O)Nc4cccc(Cl)c4)C3=O)cc2)cc1. The highest BCUT2D eigenvalue weighted by molar-refractivity contribution is 8.18. The summed E-state index contributed by atoms with van der Waals surface area (Å²) >= 11 is 8.39. The summed E-state index contributed by atoms with van der Waals surface area (Å²) in [6.07, 6.45) is 1.67. The van der Waals surface area contributed by atoms with Crippen molar-refractivity contribution in [1.29, 1.82) is 0 Å². The number of halogens is 1. The lowest BCUT2D eigenvalue weighted by molar-refractivity contribution is -0.127. The number of amides is 3. The fourth-order valence-corrected chi connectivity index (χ4v) is 4.92. The van der Waals surface area contributed by atoms with Crippen LogP contribution in [-0.4, -0.2) is 28.5 Å². The van der Waals surface area contributed by atoms with Gasteiger partial charge in [-0.25, -0.2) is 0 Å². The molecule has 8 heteroatoms. The van der Waals surface area contributed by atoms with Crippen molar-refractivity contribution in [2.45, 2.75) is 16.7 Å². The second kappa shape index (κ2) is 10.3. The van der Waals surface area contributed by atoms with Crippen LogP contribution in [0.5, 0.6) is 0 Å². The zero-order valence-electron chi connectivity index (χ0n) is 17.6. The third-order valence-corrected chi connectivity index (χ3v) is 6.88. The number of hydrogen-bond acceptors (Lipinski definition) is 5. The highest BCUT2D eigenvalue weighted by Gasteiger charge is 2.36. The quantitative estimate of drug-likeness (QED) is 0.397. The molecule has 0 aliphatic carbocycles. The van der Waals surface area contributed by atoms with Crippen LogP contribution in [0.1, 0.15) is 11.1 Å². The molecule has 0 unspecified atom stereocenters. The molecule has 3 aromatic carbocycles. The Hall–Kier alpha value is -3.00. The fraction of sp³-hybridized carbons (Fsp3) is 0.0800. The van der Waals surface area contributed by atoms with E-state index in [0.29, 0.717) is 10.7 Å². The number of nitrogens with one attached hydrogen (secondary N) is 1. The number of anilines is 1. The van der Waals surface area contributed by atoms with Crippen molar-refractivity contribution in [3.05, 3.63) is 93.9 Å². The molecule has 1 aliphatic rings. The number of nitrogens with zero attached hydrogens (tertiary/aromatic N) is 1. The molecule has 1 aliphatic heterocycles. The average molecular weight is 495 g/mol. The van der Waals surface area contributed by atoms with Crippen LogP contribution < -0.4 is 5.32 Å². The largest absolute Gasteiger partial charge is 0.324 e. The first-order valence-electron chi connectivity index (χ1n) is 10.0. The molecule has 0 atom stereocenters. The molecule has 0 saturated carbocycles. The van der Waals surface area contributed by atoms with Crippen molar-refractivity contribution in [2.24, 2.45) is 0 Å². The lowest BCUT2D eigenvalue weighted by atomic mass is 10.2. The summed E-state index contributed by atoms with van der Waals surface area (Å²) in [6.45, 7) is 1.69. The lowest BCUT2D eigenvalue weighted by Gasteiger charge is -2.12. The third kappa shape index (κ3) is 6.07.